The second kappa shape index (κ2) is 5.65. The van der Waals surface area contributed by atoms with E-state index < -0.39 is 12.6 Å². The number of aromatic nitrogens is 1. The van der Waals surface area contributed by atoms with E-state index in [1.807, 2.05) is 36.4 Å². The van der Waals surface area contributed by atoms with Gasteiger partial charge in [-0.2, -0.15) is 5.26 Å². The zero-order valence-corrected chi connectivity index (χ0v) is 9.91. The van der Waals surface area contributed by atoms with Crippen LogP contribution >= 0.6 is 0 Å². The van der Waals surface area contributed by atoms with E-state index in [0.29, 0.717) is 5.56 Å². The number of benzene rings is 1. The highest BCUT2D eigenvalue weighted by Gasteiger charge is 2.13. The van der Waals surface area contributed by atoms with Crippen molar-refractivity contribution in [3.63, 3.8) is 0 Å². The van der Waals surface area contributed by atoms with Crippen LogP contribution in [0.1, 0.15) is 5.56 Å². The molecular weight excluding hydrogens is 244 g/mol. The molecule has 0 bridgehead atoms. The maximum atomic E-state index is 10.5. The molecule has 0 unspecified atom stereocenters. The summed E-state index contributed by atoms with van der Waals surface area (Å²) in [5.41, 5.74) is 1.75. The Labute approximate surface area is 109 Å². The lowest BCUT2D eigenvalue weighted by molar-refractivity contribution is -0.139. The molecule has 2 aromatic rings. The van der Waals surface area contributed by atoms with Crippen LogP contribution in [0.25, 0.3) is 11.1 Å². The van der Waals surface area contributed by atoms with Gasteiger partial charge in [0.25, 0.3) is 0 Å². The molecule has 0 aliphatic rings. The molecule has 5 nitrogen and oxygen atoms in total. The standard InChI is InChI=1S/C14H10N2O3/c15-8-12-11(10-4-2-1-3-5-10)6-7-16-14(12)19-9-13(17)18/h1-7H,9H2,(H,17,18). The number of hydrogen-bond donors (Lipinski definition) is 1. The SMILES string of the molecule is N#Cc1c(-c2ccccc2)ccnc1OCC(=O)O. The number of nitrogens with zero attached hydrogens (tertiary/aromatic N) is 2. The highest BCUT2D eigenvalue weighted by atomic mass is 16.5. The zero-order chi connectivity index (χ0) is 13.7. The predicted molar refractivity (Wildman–Crippen MR) is 67.5 cm³/mol. The van der Waals surface area contributed by atoms with E-state index in [9.17, 15) is 10.1 Å². The summed E-state index contributed by atoms with van der Waals surface area (Å²) in [4.78, 5) is 14.4. The van der Waals surface area contributed by atoms with E-state index in [4.69, 9.17) is 9.84 Å². The van der Waals surface area contributed by atoms with Crippen LogP contribution < -0.4 is 4.74 Å². The van der Waals surface area contributed by atoms with Crippen LogP contribution in [0.4, 0.5) is 0 Å². The summed E-state index contributed by atoms with van der Waals surface area (Å²) in [6.07, 6.45) is 1.49. The molecule has 5 heteroatoms. The lowest BCUT2D eigenvalue weighted by Crippen LogP contribution is -2.11. The van der Waals surface area contributed by atoms with Crippen LogP contribution in [-0.2, 0) is 4.79 Å². The van der Waals surface area contributed by atoms with Crippen LogP contribution in [-0.4, -0.2) is 22.7 Å². The Hall–Kier alpha value is -2.87. The van der Waals surface area contributed by atoms with Crippen LogP contribution in [0.5, 0.6) is 5.88 Å². The average Bonchev–Trinajstić information content (AvgIpc) is 2.45. The Morgan fingerprint density at radius 3 is 2.68 bits per heavy atom. The second-order valence-electron chi connectivity index (χ2n) is 3.70. The topological polar surface area (TPSA) is 83.2 Å². The molecule has 0 saturated heterocycles. The van der Waals surface area contributed by atoms with E-state index in [1.165, 1.54) is 6.20 Å². The molecule has 0 amide bonds. The molecule has 2 rings (SSSR count). The van der Waals surface area contributed by atoms with Crippen LogP contribution in [0, 0.1) is 11.3 Å². The summed E-state index contributed by atoms with van der Waals surface area (Å²) in [5.74, 6) is -1.08. The van der Waals surface area contributed by atoms with Gasteiger partial charge in [0.05, 0.1) is 0 Å². The van der Waals surface area contributed by atoms with Crippen molar-refractivity contribution in [3.8, 4) is 23.1 Å². The van der Waals surface area contributed by atoms with Crippen LogP contribution in [0.2, 0.25) is 0 Å². The average molecular weight is 254 g/mol. The van der Waals surface area contributed by atoms with Gasteiger partial charge >= 0.3 is 5.97 Å². The molecule has 1 aromatic carbocycles. The number of carboxylic acids is 1. The Balaban J connectivity index is 2.43. The normalized spacial score (nSPS) is 9.63. The van der Waals surface area contributed by atoms with E-state index in [1.54, 1.807) is 6.07 Å². The van der Waals surface area contributed by atoms with Gasteiger partial charge in [-0.05, 0) is 11.6 Å². The van der Waals surface area contributed by atoms with Crippen molar-refractivity contribution in [1.82, 2.24) is 4.98 Å². The number of pyridine rings is 1. The third kappa shape index (κ3) is 2.87. The van der Waals surface area contributed by atoms with Gasteiger partial charge in [0.2, 0.25) is 5.88 Å². The van der Waals surface area contributed by atoms with E-state index in [2.05, 4.69) is 4.98 Å². The highest BCUT2D eigenvalue weighted by Crippen LogP contribution is 2.28. The first-order valence-corrected chi connectivity index (χ1v) is 5.51. The largest absolute Gasteiger partial charge is 0.479 e. The summed E-state index contributed by atoms with van der Waals surface area (Å²) in [6, 6.07) is 13.0. The quantitative estimate of drug-likeness (QED) is 0.903. The molecule has 19 heavy (non-hydrogen) atoms. The van der Waals surface area contributed by atoms with Gasteiger partial charge < -0.3 is 9.84 Å². The first-order chi connectivity index (χ1) is 9.22. The third-order valence-corrected chi connectivity index (χ3v) is 2.45. The van der Waals surface area contributed by atoms with Crippen molar-refractivity contribution < 1.29 is 14.6 Å². The first kappa shape index (κ1) is 12.6. The lowest BCUT2D eigenvalue weighted by atomic mass is 10.0. The molecular formula is C14H10N2O3. The number of carboxylic acid groups (broad SMARTS) is 1. The molecule has 0 radical (unpaired) electrons. The van der Waals surface area contributed by atoms with E-state index in [-0.39, 0.29) is 11.4 Å². The molecule has 0 spiro atoms. The van der Waals surface area contributed by atoms with Crippen molar-refractivity contribution in [2.24, 2.45) is 0 Å². The van der Waals surface area contributed by atoms with Gasteiger partial charge in [-0.25, -0.2) is 9.78 Å². The van der Waals surface area contributed by atoms with Gasteiger partial charge in [0.1, 0.15) is 11.6 Å². The van der Waals surface area contributed by atoms with Crippen LogP contribution in [0.3, 0.4) is 0 Å². The summed E-state index contributed by atoms with van der Waals surface area (Å²) in [7, 11) is 0. The molecule has 1 heterocycles. The molecule has 1 N–H and O–H groups in total. The summed E-state index contributed by atoms with van der Waals surface area (Å²) >= 11 is 0. The second-order valence-corrected chi connectivity index (χ2v) is 3.70. The maximum Gasteiger partial charge on any atom is 0.341 e. The molecule has 0 aliphatic heterocycles. The van der Waals surface area contributed by atoms with Gasteiger partial charge in [0, 0.05) is 11.8 Å². The fraction of sp³-hybridized carbons (Fsp3) is 0.0714. The Morgan fingerprint density at radius 2 is 2.05 bits per heavy atom. The minimum absolute atomic E-state index is 0.0336. The van der Waals surface area contributed by atoms with Crippen LogP contribution in [0.15, 0.2) is 42.6 Å². The Kier molecular flexibility index (Phi) is 3.74. The van der Waals surface area contributed by atoms with Crippen molar-refractivity contribution >= 4 is 5.97 Å². The van der Waals surface area contributed by atoms with Crippen molar-refractivity contribution in [3.05, 3.63) is 48.2 Å². The zero-order valence-electron chi connectivity index (χ0n) is 9.91. The third-order valence-electron chi connectivity index (χ3n) is 2.45. The number of carbonyl (C=O) groups is 1. The number of rotatable bonds is 4. The summed E-state index contributed by atoms with van der Waals surface area (Å²) in [5, 5.41) is 17.8. The molecule has 1 aromatic heterocycles. The molecule has 0 aliphatic carbocycles. The Bertz CT molecular complexity index is 633. The maximum absolute atomic E-state index is 10.5. The molecule has 94 valence electrons. The predicted octanol–water partition coefficient (Wildman–Crippen LogP) is 2.08. The lowest BCUT2D eigenvalue weighted by Gasteiger charge is -2.08. The Morgan fingerprint density at radius 1 is 1.32 bits per heavy atom. The number of nitriles is 1. The summed E-state index contributed by atoms with van der Waals surface area (Å²) in [6.45, 7) is -0.528. The van der Waals surface area contributed by atoms with E-state index in [0.717, 1.165) is 5.56 Å². The fourth-order valence-electron chi connectivity index (χ4n) is 1.65. The fourth-order valence-corrected chi connectivity index (χ4v) is 1.65. The van der Waals surface area contributed by atoms with Gasteiger partial charge in [0.15, 0.2) is 6.61 Å². The minimum Gasteiger partial charge on any atom is -0.479 e. The first-order valence-electron chi connectivity index (χ1n) is 5.51. The monoisotopic (exact) mass is 254 g/mol. The van der Waals surface area contributed by atoms with Crippen molar-refractivity contribution in [1.29, 1.82) is 5.26 Å². The number of aliphatic carboxylic acids is 1. The highest BCUT2D eigenvalue weighted by molar-refractivity contribution is 5.73. The minimum atomic E-state index is -1.11. The molecule has 0 saturated carbocycles. The number of ether oxygens (including phenoxy) is 1. The van der Waals surface area contributed by atoms with Crippen molar-refractivity contribution in [2.75, 3.05) is 6.61 Å². The van der Waals surface area contributed by atoms with E-state index >= 15 is 0 Å². The number of hydrogen-bond acceptors (Lipinski definition) is 4. The molecule has 0 fully saturated rings. The molecule has 0 atom stereocenters. The van der Waals surface area contributed by atoms with Crippen molar-refractivity contribution in [2.45, 2.75) is 0 Å². The smallest absolute Gasteiger partial charge is 0.341 e. The van der Waals surface area contributed by atoms with Gasteiger partial charge in [-0.15, -0.1) is 0 Å². The van der Waals surface area contributed by atoms with Gasteiger partial charge in [-0.1, -0.05) is 30.3 Å². The summed E-state index contributed by atoms with van der Waals surface area (Å²) < 4.78 is 5.02. The van der Waals surface area contributed by atoms with Gasteiger partial charge in [-0.3, -0.25) is 0 Å².